The molecule has 8 heteroatoms. The highest BCUT2D eigenvalue weighted by molar-refractivity contribution is 6.30. The second-order valence-electron chi connectivity index (χ2n) is 6.90. The molecule has 2 aromatic carbocycles. The van der Waals surface area contributed by atoms with Gasteiger partial charge in [-0.3, -0.25) is 4.79 Å². The third kappa shape index (κ3) is 5.16. The topological polar surface area (TPSA) is 74.3 Å². The standard InChI is InChI=1S/C22H24ClNO6/c1-14-8-17(23)4-5-18(14)29-13-22(26)30-12-21(25)24-7-6-15-9-19(27-2)20(28-3)10-16(15)11-24/h4-5,8-10H,6-7,11-13H2,1-3H3. The highest BCUT2D eigenvalue weighted by Gasteiger charge is 2.23. The molecule has 0 bridgehead atoms. The fraction of sp³-hybridized carbons (Fsp3) is 0.364. The van der Waals surface area contributed by atoms with Crippen LogP contribution >= 0.6 is 11.6 Å². The molecular formula is C22H24ClNO6. The summed E-state index contributed by atoms with van der Waals surface area (Å²) in [5.41, 5.74) is 2.91. The Kier molecular flexibility index (Phi) is 7.05. The van der Waals surface area contributed by atoms with Gasteiger partial charge in [-0.05, 0) is 60.4 Å². The number of benzene rings is 2. The molecule has 0 aromatic heterocycles. The minimum Gasteiger partial charge on any atom is -0.493 e. The van der Waals surface area contributed by atoms with Crippen molar-refractivity contribution in [3.63, 3.8) is 0 Å². The van der Waals surface area contributed by atoms with Crippen molar-refractivity contribution in [3.8, 4) is 17.2 Å². The van der Waals surface area contributed by atoms with Crippen molar-refractivity contribution in [3.05, 3.63) is 52.0 Å². The van der Waals surface area contributed by atoms with E-state index in [0.29, 0.717) is 41.8 Å². The largest absolute Gasteiger partial charge is 0.493 e. The first-order valence-electron chi connectivity index (χ1n) is 9.47. The Morgan fingerprint density at radius 1 is 1.00 bits per heavy atom. The predicted octanol–water partition coefficient (Wildman–Crippen LogP) is 3.17. The van der Waals surface area contributed by atoms with Crippen LogP contribution in [0.4, 0.5) is 0 Å². The Morgan fingerprint density at radius 3 is 2.37 bits per heavy atom. The van der Waals surface area contributed by atoms with Crippen LogP contribution in [-0.4, -0.2) is 50.8 Å². The number of carbonyl (C=O) groups is 2. The van der Waals surface area contributed by atoms with Crippen LogP contribution < -0.4 is 14.2 Å². The number of methoxy groups -OCH3 is 2. The number of hydrogen-bond donors (Lipinski definition) is 0. The lowest BCUT2D eigenvalue weighted by molar-refractivity contribution is -0.154. The van der Waals surface area contributed by atoms with Gasteiger partial charge < -0.3 is 23.8 Å². The van der Waals surface area contributed by atoms with Gasteiger partial charge in [-0.15, -0.1) is 0 Å². The quantitative estimate of drug-likeness (QED) is 0.624. The molecule has 160 valence electrons. The average Bonchev–Trinajstić information content (AvgIpc) is 2.75. The third-order valence-corrected chi connectivity index (χ3v) is 5.14. The fourth-order valence-corrected chi connectivity index (χ4v) is 3.51. The molecule has 0 N–H and O–H groups in total. The Morgan fingerprint density at radius 2 is 1.70 bits per heavy atom. The molecule has 0 saturated carbocycles. The van der Waals surface area contributed by atoms with Crippen LogP contribution in [0.5, 0.6) is 17.2 Å². The first kappa shape index (κ1) is 21.8. The second kappa shape index (κ2) is 9.71. The van der Waals surface area contributed by atoms with Gasteiger partial charge >= 0.3 is 5.97 Å². The molecule has 0 unspecified atom stereocenters. The van der Waals surface area contributed by atoms with Gasteiger partial charge in [-0.1, -0.05) is 11.6 Å². The normalized spacial score (nSPS) is 12.7. The lowest BCUT2D eigenvalue weighted by atomic mass is 9.99. The second-order valence-corrected chi connectivity index (χ2v) is 7.34. The predicted molar refractivity (Wildman–Crippen MR) is 111 cm³/mol. The van der Waals surface area contributed by atoms with Gasteiger partial charge in [0, 0.05) is 18.1 Å². The van der Waals surface area contributed by atoms with Gasteiger partial charge in [0.05, 0.1) is 14.2 Å². The molecule has 0 radical (unpaired) electrons. The summed E-state index contributed by atoms with van der Waals surface area (Å²) in [6, 6.07) is 8.92. The number of aryl methyl sites for hydroxylation is 1. The number of halogens is 1. The van der Waals surface area contributed by atoms with Gasteiger partial charge in [0.25, 0.3) is 5.91 Å². The average molecular weight is 434 g/mol. The minimum absolute atomic E-state index is 0.258. The summed E-state index contributed by atoms with van der Waals surface area (Å²) >= 11 is 5.90. The van der Waals surface area contributed by atoms with E-state index in [4.69, 9.17) is 30.5 Å². The van der Waals surface area contributed by atoms with Crippen LogP contribution in [0.1, 0.15) is 16.7 Å². The molecule has 2 aromatic rings. The van der Waals surface area contributed by atoms with Crippen LogP contribution in [0.25, 0.3) is 0 Å². The molecule has 1 heterocycles. The monoisotopic (exact) mass is 433 g/mol. The van der Waals surface area contributed by atoms with Crippen LogP contribution in [0.2, 0.25) is 5.02 Å². The molecule has 30 heavy (non-hydrogen) atoms. The van der Waals surface area contributed by atoms with E-state index >= 15 is 0 Å². The van der Waals surface area contributed by atoms with Crippen molar-refractivity contribution in [1.82, 2.24) is 4.90 Å². The molecule has 1 amide bonds. The number of fused-ring (bicyclic) bond motifs is 1. The Hall–Kier alpha value is -2.93. The van der Waals surface area contributed by atoms with Crippen LogP contribution in [0.15, 0.2) is 30.3 Å². The maximum absolute atomic E-state index is 12.5. The molecule has 1 aliphatic rings. The molecule has 0 aliphatic carbocycles. The fourth-order valence-electron chi connectivity index (χ4n) is 3.28. The van der Waals surface area contributed by atoms with Gasteiger partial charge in [0.15, 0.2) is 24.7 Å². The van der Waals surface area contributed by atoms with E-state index in [1.165, 1.54) is 0 Å². The van der Waals surface area contributed by atoms with Gasteiger partial charge in [0.1, 0.15) is 5.75 Å². The Bertz CT molecular complexity index is 945. The van der Waals surface area contributed by atoms with Gasteiger partial charge in [-0.25, -0.2) is 4.79 Å². The van der Waals surface area contributed by atoms with E-state index in [1.807, 2.05) is 19.1 Å². The summed E-state index contributed by atoms with van der Waals surface area (Å²) in [7, 11) is 3.16. The maximum atomic E-state index is 12.5. The van der Waals surface area contributed by atoms with E-state index in [2.05, 4.69) is 0 Å². The van der Waals surface area contributed by atoms with E-state index in [1.54, 1.807) is 37.3 Å². The number of ether oxygens (including phenoxy) is 4. The zero-order chi connectivity index (χ0) is 21.7. The summed E-state index contributed by atoms with van der Waals surface area (Å²) in [4.78, 5) is 26.1. The summed E-state index contributed by atoms with van der Waals surface area (Å²) < 4.78 is 21.2. The minimum atomic E-state index is -0.610. The SMILES string of the molecule is COc1cc2c(cc1OC)CN(C(=O)COC(=O)COc1ccc(Cl)cc1C)CC2. The molecule has 0 saturated heterocycles. The zero-order valence-corrected chi connectivity index (χ0v) is 18.0. The Labute approximate surface area is 180 Å². The number of rotatable bonds is 7. The molecule has 0 fully saturated rings. The number of carbonyl (C=O) groups excluding carboxylic acids is 2. The van der Waals surface area contributed by atoms with Crippen molar-refractivity contribution >= 4 is 23.5 Å². The van der Waals surface area contributed by atoms with Crippen molar-refractivity contribution < 1.29 is 28.5 Å². The number of esters is 1. The highest BCUT2D eigenvalue weighted by atomic mass is 35.5. The lowest BCUT2D eigenvalue weighted by Gasteiger charge is -2.29. The summed E-state index contributed by atoms with van der Waals surface area (Å²) in [5.74, 6) is 0.958. The first-order chi connectivity index (χ1) is 14.4. The van der Waals surface area contributed by atoms with E-state index in [9.17, 15) is 9.59 Å². The molecule has 0 atom stereocenters. The van der Waals surface area contributed by atoms with E-state index in [0.717, 1.165) is 16.7 Å². The smallest absolute Gasteiger partial charge is 0.344 e. The molecule has 1 aliphatic heterocycles. The number of hydrogen-bond acceptors (Lipinski definition) is 6. The van der Waals surface area contributed by atoms with Crippen molar-refractivity contribution in [2.45, 2.75) is 19.9 Å². The molecular weight excluding hydrogens is 410 g/mol. The van der Waals surface area contributed by atoms with Crippen molar-refractivity contribution in [1.29, 1.82) is 0 Å². The number of nitrogens with zero attached hydrogens (tertiary/aromatic N) is 1. The Balaban J connectivity index is 1.51. The van der Waals surface area contributed by atoms with Crippen LogP contribution in [-0.2, 0) is 27.3 Å². The summed E-state index contributed by atoms with van der Waals surface area (Å²) in [5, 5.41) is 0.590. The molecule has 7 nitrogen and oxygen atoms in total. The van der Waals surface area contributed by atoms with E-state index < -0.39 is 5.97 Å². The molecule has 3 rings (SSSR count). The first-order valence-corrected chi connectivity index (χ1v) is 9.85. The summed E-state index contributed by atoms with van der Waals surface area (Å²) in [6.07, 6.45) is 0.689. The van der Waals surface area contributed by atoms with E-state index in [-0.39, 0.29) is 19.1 Å². The zero-order valence-electron chi connectivity index (χ0n) is 17.2. The lowest BCUT2D eigenvalue weighted by Crippen LogP contribution is -2.39. The van der Waals surface area contributed by atoms with Gasteiger partial charge in [-0.2, -0.15) is 0 Å². The third-order valence-electron chi connectivity index (χ3n) is 4.91. The summed E-state index contributed by atoms with van der Waals surface area (Å²) in [6.45, 7) is 2.18. The van der Waals surface area contributed by atoms with Crippen LogP contribution in [0, 0.1) is 6.92 Å². The van der Waals surface area contributed by atoms with Crippen LogP contribution in [0.3, 0.4) is 0 Å². The van der Waals surface area contributed by atoms with Crippen molar-refractivity contribution in [2.24, 2.45) is 0 Å². The molecule has 0 spiro atoms. The maximum Gasteiger partial charge on any atom is 0.344 e. The highest BCUT2D eigenvalue weighted by Crippen LogP contribution is 2.33. The van der Waals surface area contributed by atoms with Gasteiger partial charge in [0.2, 0.25) is 0 Å². The number of amides is 1. The van der Waals surface area contributed by atoms with Crippen molar-refractivity contribution in [2.75, 3.05) is 34.0 Å².